The fourth-order valence-corrected chi connectivity index (χ4v) is 1.48. The van der Waals surface area contributed by atoms with E-state index in [1.165, 1.54) is 6.92 Å². The molecule has 0 fully saturated rings. The van der Waals surface area contributed by atoms with E-state index in [2.05, 4.69) is 0 Å². The average Bonchev–Trinajstić information content (AvgIpc) is 2.74. The second-order valence-electron chi connectivity index (χ2n) is 3.20. The molecule has 0 aliphatic carbocycles. The summed E-state index contributed by atoms with van der Waals surface area (Å²) >= 11 is 0. The van der Waals surface area contributed by atoms with Gasteiger partial charge in [-0.2, -0.15) is 13.2 Å². The number of halogens is 4. The molecule has 1 aromatic carbocycles. The van der Waals surface area contributed by atoms with Crippen molar-refractivity contribution >= 4 is 10.8 Å². The molecule has 108 valence electrons. The van der Waals surface area contributed by atoms with Crippen LogP contribution in [0.2, 0.25) is 0 Å². The van der Waals surface area contributed by atoms with Crippen LogP contribution in [-0.4, -0.2) is 0 Å². The molecule has 2 aromatic rings. The lowest BCUT2D eigenvalue weighted by atomic mass is 10.1. The molecule has 0 saturated carbocycles. The predicted octanol–water partition coefficient (Wildman–Crippen LogP) is 5.95. The fraction of sp³-hybridized carbons (Fsp3) is 0.429. The van der Waals surface area contributed by atoms with Crippen molar-refractivity contribution < 1.29 is 22.0 Å². The molecular weight excluding hydrogens is 260 g/mol. The first-order valence-corrected chi connectivity index (χ1v) is 6.14. The molecule has 0 spiro atoms. The Balaban J connectivity index is 0.000000741. The molecule has 0 unspecified atom stereocenters. The number of alkyl halides is 3. The third-order valence-corrected chi connectivity index (χ3v) is 2.18. The SMILES string of the molecule is CC.CC.Cc1occ2c(C(F)(F)F)cc(F)cc12. The Hall–Kier alpha value is -1.52. The van der Waals surface area contributed by atoms with Gasteiger partial charge in [0.2, 0.25) is 0 Å². The van der Waals surface area contributed by atoms with E-state index in [-0.39, 0.29) is 16.5 Å². The van der Waals surface area contributed by atoms with Crippen LogP contribution in [0.5, 0.6) is 0 Å². The van der Waals surface area contributed by atoms with E-state index >= 15 is 0 Å². The zero-order valence-corrected chi connectivity index (χ0v) is 11.7. The van der Waals surface area contributed by atoms with Crippen molar-refractivity contribution in [3.05, 3.63) is 35.5 Å². The van der Waals surface area contributed by atoms with Crippen LogP contribution in [0.25, 0.3) is 10.8 Å². The van der Waals surface area contributed by atoms with Crippen molar-refractivity contribution in [1.29, 1.82) is 0 Å². The molecule has 0 N–H and O–H groups in total. The fourth-order valence-electron chi connectivity index (χ4n) is 1.48. The van der Waals surface area contributed by atoms with Gasteiger partial charge in [0.25, 0.3) is 0 Å². The van der Waals surface area contributed by atoms with Gasteiger partial charge >= 0.3 is 6.18 Å². The lowest BCUT2D eigenvalue weighted by Crippen LogP contribution is -2.05. The quantitative estimate of drug-likeness (QED) is 0.542. The van der Waals surface area contributed by atoms with Gasteiger partial charge < -0.3 is 4.42 Å². The molecule has 1 heterocycles. The number of rotatable bonds is 0. The highest BCUT2D eigenvalue weighted by Gasteiger charge is 2.34. The van der Waals surface area contributed by atoms with Crippen molar-refractivity contribution in [2.24, 2.45) is 0 Å². The smallest absolute Gasteiger partial charge is 0.417 e. The van der Waals surface area contributed by atoms with Gasteiger partial charge in [-0.15, -0.1) is 0 Å². The molecule has 0 radical (unpaired) electrons. The minimum absolute atomic E-state index is 0.110. The molecule has 1 nitrogen and oxygen atoms in total. The van der Waals surface area contributed by atoms with E-state index in [0.29, 0.717) is 6.07 Å². The Morgan fingerprint density at radius 3 is 1.95 bits per heavy atom. The van der Waals surface area contributed by atoms with Crippen molar-refractivity contribution in [2.75, 3.05) is 0 Å². The summed E-state index contributed by atoms with van der Waals surface area (Å²) in [6.07, 6.45) is -3.58. The summed E-state index contributed by atoms with van der Waals surface area (Å²) in [6, 6.07) is 1.50. The second kappa shape index (κ2) is 7.16. The zero-order chi connectivity index (χ0) is 15.2. The average molecular weight is 278 g/mol. The van der Waals surface area contributed by atoms with Gasteiger partial charge in [-0.25, -0.2) is 4.39 Å². The van der Waals surface area contributed by atoms with Crippen LogP contribution in [0.1, 0.15) is 39.0 Å². The minimum atomic E-state index is -4.57. The van der Waals surface area contributed by atoms with Gasteiger partial charge in [-0.1, -0.05) is 27.7 Å². The maximum absolute atomic E-state index is 12.9. The summed E-state index contributed by atoms with van der Waals surface area (Å²) in [6.45, 7) is 9.49. The highest BCUT2D eigenvalue weighted by molar-refractivity contribution is 5.87. The van der Waals surface area contributed by atoms with E-state index in [9.17, 15) is 17.6 Å². The number of benzene rings is 1. The van der Waals surface area contributed by atoms with Gasteiger partial charge in [0.15, 0.2) is 0 Å². The second-order valence-corrected chi connectivity index (χ2v) is 3.20. The van der Waals surface area contributed by atoms with E-state index in [1.807, 2.05) is 27.7 Å². The van der Waals surface area contributed by atoms with Crippen molar-refractivity contribution in [1.82, 2.24) is 0 Å². The molecule has 19 heavy (non-hydrogen) atoms. The lowest BCUT2D eigenvalue weighted by Gasteiger charge is -2.07. The van der Waals surface area contributed by atoms with Crippen LogP contribution < -0.4 is 0 Å². The van der Waals surface area contributed by atoms with Crippen LogP contribution in [0.3, 0.4) is 0 Å². The Labute approximate surface area is 110 Å². The molecule has 0 amide bonds. The zero-order valence-electron chi connectivity index (χ0n) is 11.7. The van der Waals surface area contributed by atoms with Crippen molar-refractivity contribution in [3.8, 4) is 0 Å². The summed E-state index contributed by atoms with van der Waals surface area (Å²) in [7, 11) is 0. The highest BCUT2D eigenvalue weighted by Crippen LogP contribution is 2.36. The summed E-state index contributed by atoms with van der Waals surface area (Å²) in [5, 5.41) is 0.0451. The van der Waals surface area contributed by atoms with Crippen LogP contribution in [0.15, 0.2) is 22.8 Å². The summed E-state index contributed by atoms with van der Waals surface area (Å²) in [4.78, 5) is 0. The summed E-state index contributed by atoms with van der Waals surface area (Å²) in [5.41, 5.74) is -1.01. The van der Waals surface area contributed by atoms with Crippen LogP contribution in [0.4, 0.5) is 17.6 Å². The number of hydrogen-bond donors (Lipinski definition) is 0. The topological polar surface area (TPSA) is 13.1 Å². The molecule has 0 aliphatic heterocycles. The first kappa shape index (κ1) is 17.5. The van der Waals surface area contributed by atoms with Crippen LogP contribution in [0, 0.1) is 12.7 Å². The Morgan fingerprint density at radius 2 is 1.47 bits per heavy atom. The number of aryl methyl sites for hydroxylation is 1. The third-order valence-electron chi connectivity index (χ3n) is 2.18. The van der Waals surface area contributed by atoms with Gasteiger partial charge in [0.05, 0.1) is 11.8 Å². The van der Waals surface area contributed by atoms with Crippen molar-refractivity contribution in [3.63, 3.8) is 0 Å². The third kappa shape index (κ3) is 3.98. The Kier molecular flexibility index (Phi) is 6.59. The maximum Gasteiger partial charge on any atom is 0.417 e. The van der Waals surface area contributed by atoms with E-state index in [1.54, 1.807) is 0 Å². The van der Waals surface area contributed by atoms with E-state index < -0.39 is 17.6 Å². The lowest BCUT2D eigenvalue weighted by molar-refractivity contribution is -0.136. The number of fused-ring (bicyclic) bond motifs is 1. The normalized spacial score (nSPS) is 10.4. The van der Waals surface area contributed by atoms with Crippen LogP contribution >= 0.6 is 0 Å². The molecular formula is C14H18F4O. The first-order valence-electron chi connectivity index (χ1n) is 6.14. The molecule has 0 aliphatic rings. The van der Waals surface area contributed by atoms with Gasteiger partial charge in [0.1, 0.15) is 11.6 Å². The molecule has 5 heteroatoms. The minimum Gasteiger partial charge on any atom is -0.468 e. The van der Waals surface area contributed by atoms with E-state index in [0.717, 1.165) is 12.3 Å². The Bertz CT molecular complexity index is 512. The Morgan fingerprint density at radius 1 is 0.947 bits per heavy atom. The summed E-state index contributed by atoms with van der Waals surface area (Å²) < 4.78 is 55.3. The number of hydrogen-bond acceptors (Lipinski definition) is 1. The largest absolute Gasteiger partial charge is 0.468 e. The molecule has 2 rings (SSSR count). The van der Waals surface area contributed by atoms with Gasteiger partial charge in [-0.05, 0) is 19.1 Å². The first-order chi connectivity index (χ1) is 8.89. The van der Waals surface area contributed by atoms with E-state index in [4.69, 9.17) is 4.42 Å². The highest BCUT2D eigenvalue weighted by atomic mass is 19.4. The van der Waals surface area contributed by atoms with Crippen molar-refractivity contribution in [2.45, 2.75) is 40.8 Å². The number of furan rings is 1. The predicted molar refractivity (Wildman–Crippen MR) is 68.6 cm³/mol. The summed E-state index contributed by atoms with van der Waals surface area (Å²) in [5.74, 6) is -0.644. The maximum atomic E-state index is 12.9. The molecule has 0 bridgehead atoms. The molecule has 0 saturated heterocycles. The molecule has 1 aromatic heterocycles. The molecule has 0 atom stereocenters. The van der Waals surface area contributed by atoms with Gasteiger partial charge in [0, 0.05) is 10.8 Å². The van der Waals surface area contributed by atoms with Crippen LogP contribution in [-0.2, 0) is 6.18 Å². The monoisotopic (exact) mass is 278 g/mol. The van der Waals surface area contributed by atoms with Gasteiger partial charge in [-0.3, -0.25) is 0 Å². The standard InChI is InChI=1S/C10H6F4O.2C2H6/c1-5-7-2-6(11)3-9(10(12,13)14)8(7)4-15-5;2*1-2/h2-4H,1H3;2*1-2H3.